The fourth-order valence-electron chi connectivity index (χ4n) is 2.79. The van der Waals surface area contributed by atoms with Crippen molar-refractivity contribution in [3.05, 3.63) is 72.6 Å². The minimum absolute atomic E-state index is 0.292. The molecule has 0 amide bonds. The van der Waals surface area contributed by atoms with Gasteiger partial charge in [-0.1, -0.05) is 57.2 Å². The third kappa shape index (κ3) is 3.33. The van der Waals surface area contributed by atoms with E-state index in [9.17, 15) is 5.11 Å². The summed E-state index contributed by atoms with van der Waals surface area (Å²) in [5.74, 6) is 0.584. The number of rotatable bonds is 4. The maximum Gasteiger partial charge on any atom is 0.105 e. The van der Waals surface area contributed by atoms with E-state index in [0.29, 0.717) is 5.75 Å². The molecule has 0 aliphatic rings. The SMILES string of the molecule is CC(C)(C)C(O)(CSc1ccc2ccccc2c1)c1cccnc1. The number of pyridine rings is 1. The van der Waals surface area contributed by atoms with E-state index >= 15 is 0 Å². The lowest BCUT2D eigenvalue weighted by Crippen LogP contribution is -2.42. The van der Waals surface area contributed by atoms with Gasteiger partial charge in [0.1, 0.15) is 5.60 Å². The zero-order valence-electron chi connectivity index (χ0n) is 14.4. The molecule has 0 aliphatic carbocycles. The number of hydrogen-bond donors (Lipinski definition) is 1. The Morgan fingerprint density at radius 2 is 1.71 bits per heavy atom. The Morgan fingerprint density at radius 1 is 0.958 bits per heavy atom. The minimum atomic E-state index is -0.947. The molecule has 0 radical (unpaired) electrons. The first-order chi connectivity index (χ1) is 11.4. The van der Waals surface area contributed by atoms with Crippen LogP contribution in [0.3, 0.4) is 0 Å². The average Bonchev–Trinajstić information content (AvgIpc) is 2.59. The molecule has 0 fully saturated rings. The predicted octanol–water partition coefficient (Wildman–Crippen LogP) is 5.26. The fraction of sp³-hybridized carbons (Fsp3) is 0.286. The molecular formula is C21H23NOS. The molecule has 2 nitrogen and oxygen atoms in total. The van der Waals surface area contributed by atoms with Gasteiger partial charge in [-0.25, -0.2) is 0 Å². The van der Waals surface area contributed by atoms with E-state index in [1.54, 1.807) is 24.2 Å². The molecule has 1 unspecified atom stereocenters. The van der Waals surface area contributed by atoms with Gasteiger partial charge in [0, 0.05) is 28.6 Å². The van der Waals surface area contributed by atoms with Crippen molar-refractivity contribution in [3.8, 4) is 0 Å². The third-order valence-corrected chi connectivity index (χ3v) is 5.70. The quantitative estimate of drug-likeness (QED) is 0.659. The van der Waals surface area contributed by atoms with Crippen molar-refractivity contribution in [2.45, 2.75) is 31.3 Å². The Kier molecular flexibility index (Phi) is 4.66. The first kappa shape index (κ1) is 17.0. The monoisotopic (exact) mass is 337 g/mol. The lowest BCUT2D eigenvalue weighted by atomic mass is 9.74. The van der Waals surface area contributed by atoms with Gasteiger partial charge < -0.3 is 5.11 Å². The van der Waals surface area contributed by atoms with Gasteiger partial charge in [0.15, 0.2) is 0 Å². The number of aliphatic hydroxyl groups is 1. The van der Waals surface area contributed by atoms with Crippen LogP contribution in [0.15, 0.2) is 71.9 Å². The molecular weight excluding hydrogens is 314 g/mol. The highest BCUT2D eigenvalue weighted by Crippen LogP contribution is 2.43. The number of aromatic nitrogens is 1. The summed E-state index contributed by atoms with van der Waals surface area (Å²) >= 11 is 1.69. The summed E-state index contributed by atoms with van der Waals surface area (Å²) in [6, 6.07) is 18.6. The molecule has 1 atom stereocenters. The predicted molar refractivity (Wildman–Crippen MR) is 102 cm³/mol. The lowest BCUT2D eigenvalue weighted by molar-refractivity contribution is -0.0425. The highest BCUT2D eigenvalue weighted by molar-refractivity contribution is 7.99. The van der Waals surface area contributed by atoms with Crippen molar-refractivity contribution in [1.29, 1.82) is 0 Å². The molecule has 124 valence electrons. The standard InChI is InChI=1S/C21H23NOS/c1-20(2,3)21(23,18-9-6-12-22-14-18)15-24-19-11-10-16-7-4-5-8-17(16)13-19/h4-14,23H,15H2,1-3H3. The second kappa shape index (κ2) is 6.58. The molecule has 0 spiro atoms. The summed E-state index contributed by atoms with van der Waals surface area (Å²) in [4.78, 5) is 5.36. The normalized spacial score (nSPS) is 14.5. The van der Waals surface area contributed by atoms with Crippen molar-refractivity contribution in [2.75, 3.05) is 5.75 Å². The van der Waals surface area contributed by atoms with Gasteiger partial charge in [-0.15, -0.1) is 11.8 Å². The van der Waals surface area contributed by atoms with Crippen LogP contribution < -0.4 is 0 Å². The van der Waals surface area contributed by atoms with Crippen LogP contribution in [0.2, 0.25) is 0 Å². The van der Waals surface area contributed by atoms with Crippen LogP contribution in [0.5, 0.6) is 0 Å². The van der Waals surface area contributed by atoms with Crippen LogP contribution in [-0.2, 0) is 5.60 Å². The Balaban J connectivity index is 1.88. The molecule has 0 aliphatic heterocycles. The number of nitrogens with zero attached hydrogens (tertiary/aromatic N) is 1. The Labute approximate surface area is 147 Å². The van der Waals surface area contributed by atoms with Crippen molar-refractivity contribution >= 4 is 22.5 Å². The van der Waals surface area contributed by atoms with Crippen molar-refractivity contribution in [2.24, 2.45) is 5.41 Å². The summed E-state index contributed by atoms with van der Waals surface area (Å²) in [7, 11) is 0. The van der Waals surface area contributed by atoms with Crippen LogP contribution in [-0.4, -0.2) is 15.8 Å². The largest absolute Gasteiger partial charge is 0.384 e. The molecule has 3 aromatic rings. The van der Waals surface area contributed by atoms with Crippen LogP contribution in [0.4, 0.5) is 0 Å². The van der Waals surface area contributed by atoms with Gasteiger partial charge in [-0.3, -0.25) is 4.98 Å². The summed E-state index contributed by atoms with van der Waals surface area (Å²) in [6.45, 7) is 6.21. The van der Waals surface area contributed by atoms with Crippen LogP contribution in [0, 0.1) is 5.41 Å². The zero-order chi connectivity index (χ0) is 17.2. The molecule has 0 bridgehead atoms. The van der Waals surface area contributed by atoms with E-state index in [1.807, 2.05) is 12.1 Å². The highest BCUT2D eigenvalue weighted by Gasteiger charge is 2.41. The van der Waals surface area contributed by atoms with Gasteiger partial charge in [-0.05, 0) is 34.4 Å². The van der Waals surface area contributed by atoms with Crippen LogP contribution in [0.25, 0.3) is 10.8 Å². The average molecular weight is 337 g/mol. The molecule has 1 heterocycles. The molecule has 1 aromatic heterocycles. The van der Waals surface area contributed by atoms with E-state index in [-0.39, 0.29) is 5.41 Å². The van der Waals surface area contributed by atoms with E-state index in [4.69, 9.17) is 0 Å². The molecule has 24 heavy (non-hydrogen) atoms. The Hall–Kier alpha value is -1.84. The number of hydrogen-bond acceptors (Lipinski definition) is 3. The zero-order valence-corrected chi connectivity index (χ0v) is 15.2. The lowest BCUT2D eigenvalue weighted by Gasteiger charge is -2.40. The summed E-state index contributed by atoms with van der Waals surface area (Å²) in [6.07, 6.45) is 3.51. The first-order valence-corrected chi connectivity index (χ1v) is 9.13. The smallest absolute Gasteiger partial charge is 0.105 e. The molecule has 1 N–H and O–H groups in total. The van der Waals surface area contributed by atoms with Gasteiger partial charge >= 0.3 is 0 Å². The van der Waals surface area contributed by atoms with E-state index < -0.39 is 5.60 Å². The van der Waals surface area contributed by atoms with Gasteiger partial charge in [0.2, 0.25) is 0 Å². The van der Waals surface area contributed by atoms with Crippen LogP contribution >= 0.6 is 11.8 Å². The molecule has 3 rings (SSSR count). The van der Waals surface area contributed by atoms with E-state index in [0.717, 1.165) is 5.56 Å². The van der Waals surface area contributed by atoms with Crippen molar-refractivity contribution in [3.63, 3.8) is 0 Å². The van der Waals surface area contributed by atoms with E-state index in [1.165, 1.54) is 15.7 Å². The van der Waals surface area contributed by atoms with Gasteiger partial charge in [0.25, 0.3) is 0 Å². The Morgan fingerprint density at radius 3 is 2.38 bits per heavy atom. The second-order valence-corrected chi connectivity index (χ2v) is 8.20. The maximum absolute atomic E-state index is 11.4. The number of thioether (sulfide) groups is 1. The summed E-state index contributed by atoms with van der Waals surface area (Å²) < 4.78 is 0. The molecule has 2 aromatic carbocycles. The minimum Gasteiger partial charge on any atom is -0.384 e. The van der Waals surface area contributed by atoms with Gasteiger partial charge in [0.05, 0.1) is 0 Å². The second-order valence-electron chi connectivity index (χ2n) is 7.15. The summed E-state index contributed by atoms with van der Waals surface area (Å²) in [5.41, 5.74) is -0.372. The Bertz CT molecular complexity index is 826. The number of fused-ring (bicyclic) bond motifs is 1. The topological polar surface area (TPSA) is 33.1 Å². The fourth-order valence-corrected chi connectivity index (χ4v) is 4.14. The third-order valence-electron chi connectivity index (χ3n) is 4.55. The molecule has 0 saturated heterocycles. The van der Waals surface area contributed by atoms with Crippen molar-refractivity contribution in [1.82, 2.24) is 4.98 Å². The van der Waals surface area contributed by atoms with E-state index in [2.05, 4.69) is 68.2 Å². The highest BCUT2D eigenvalue weighted by atomic mass is 32.2. The number of benzene rings is 2. The van der Waals surface area contributed by atoms with Crippen LogP contribution in [0.1, 0.15) is 26.3 Å². The summed E-state index contributed by atoms with van der Waals surface area (Å²) in [5, 5.41) is 13.9. The molecule has 0 saturated carbocycles. The first-order valence-electron chi connectivity index (χ1n) is 8.15. The van der Waals surface area contributed by atoms with Crippen molar-refractivity contribution < 1.29 is 5.11 Å². The van der Waals surface area contributed by atoms with Gasteiger partial charge in [-0.2, -0.15) is 0 Å². The maximum atomic E-state index is 11.4. The molecule has 3 heteroatoms.